The number of rotatable bonds is 4. The summed E-state index contributed by atoms with van der Waals surface area (Å²) in [5.41, 5.74) is 0.914. The summed E-state index contributed by atoms with van der Waals surface area (Å²) in [6.07, 6.45) is 6.75. The van der Waals surface area contributed by atoms with E-state index in [1.54, 1.807) is 7.05 Å². The summed E-state index contributed by atoms with van der Waals surface area (Å²) in [4.78, 5) is 23.4. The van der Waals surface area contributed by atoms with Gasteiger partial charge in [0.2, 0.25) is 11.8 Å². The zero-order valence-corrected chi connectivity index (χ0v) is 18.9. The maximum atomic E-state index is 12.7. The second-order valence-corrected chi connectivity index (χ2v) is 7.42. The second kappa shape index (κ2) is 10.3. The Hall–Kier alpha value is -1.32. The van der Waals surface area contributed by atoms with Crippen LogP contribution in [0.5, 0.6) is 0 Å². The zero-order valence-electron chi connectivity index (χ0n) is 16.6. The summed E-state index contributed by atoms with van der Waals surface area (Å²) >= 11 is 0. The van der Waals surface area contributed by atoms with Crippen LogP contribution in [0.25, 0.3) is 0 Å². The molecule has 3 rings (SSSR count). The fourth-order valence-electron chi connectivity index (χ4n) is 3.85. The van der Waals surface area contributed by atoms with E-state index in [4.69, 9.17) is 4.42 Å². The van der Waals surface area contributed by atoms with E-state index in [-0.39, 0.29) is 35.9 Å². The molecule has 0 bridgehead atoms. The molecule has 0 radical (unpaired) electrons. The predicted molar refractivity (Wildman–Crippen MR) is 116 cm³/mol. The van der Waals surface area contributed by atoms with E-state index in [0.717, 1.165) is 49.8 Å². The van der Waals surface area contributed by atoms with Crippen LogP contribution in [0.3, 0.4) is 0 Å². The number of aromatic nitrogens is 1. The Morgan fingerprint density at radius 3 is 2.63 bits per heavy atom. The lowest BCUT2D eigenvalue weighted by molar-refractivity contribution is -0.135. The molecule has 1 aliphatic carbocycles. The number of likely N-dealkylation sites (tertiary alicyclic amines) is 1. The van der Waals surface area contributed by atoms with Crippen molar-refractivity contribution in [2.75, 3.05) is 20.1 Å². The third-order valence-corrected chi connectivity index (χ3v) is 5.50. The molecule has 2 N–H and O–H groups in total. The van der Waals surface area contributed by atoms with Gasteiger partial charge in [-0.3, -0.25) is 9.79 Å². The van der Waals surface area contributed by atoms with E-state index >= 15 is 0 Å². The van der Waals surface area contributed by atoms with Crippen molar-refractivity contribution in [3.63, 3.8) is 0 Å². The first-order valence-electron chi connectivity index (χ1n) is 9.75. The van der Waals surface area contributed by atoms with Crippen molar-refractivity contribution in [2.24, 2.45) is 10.9 Å². The Labute approximate surface area is 178 Å². The van der Waals surface area contributed by atoms with Gasteiger partial charge in [0.15, 0.2) is 5.96 Å². The number of carbonyl (C=O) groups excluding carboxylic acids is 1. The van der Waals surface area contributed by atoms with E-state index in [2.05, 4.69) is 20.6 Å². The summed E-state index contributed by atoms with van der Waals surface area (Å²) in [6, 6.07) is 0.238. The average Bonchev–Trinajstić information content (AvgIpc) is 3.25. The molecular formula is C19H32IN5O2. The highest BCUT2D eigenvalue weighted by Crippen LogP contribution is 2.26. The van der Waals surface area contributed by atoms with Gasteiger partial charge >= 0.3 is 0 Å². The number of hydrogen-bond donors (Lipinski definition) is 2. The molecule has 1 saturated carbocycles. The van der Waals surface area contributed by atoms with Gasteiger partial charge in [0.05, 0.1) is 12.2 Å². The normalized spacial score (nSPS) is 21.1. The third-order valence-electron chi connectivity index (χ3n) is 5.50. The van der Waals surface area contributed by atoms with Crippen molar-refractivity contribution in [3.05, 3.63) is 17.3 Å². The van der Waals surface area contributed by atoms with Gasteiger partial charge in [0.1, 0.15) is 5.76 Å². The molecule has 0 spiro atoms. The van der Waals surface area contributed by atoms with Crippen molar-refractivity contribution in [1.29, 1.82) is 0 Å². The molecule has 27 heavy (non-hydrogen) atoms. The molecule has 8 heteroatoms. The molecular weight excluding hydrogens is 457 g/mol. The largest absolute Gasteiger partial charge is 0.444 e. The Morgan fingerprint density at radius 1 is 1.26 bits per heavy atom. The summed E-state index contributed by atoms with van der Waals surface area (Å²) < 4.78 is 5.59. The van der Waals surface area contributed by atoms with Gasteiger partial charge in [-0.05, 0) is 33.1 Å². The van der Waals surface area contributed by atoms with Crippen LogP contribution in [0, 0.1) is 19.8 Å². The molecule has 1 aliphatic heterocycles. The van der Waals surface area contributed by atoms with Gasteiger partial charge in [0.25, 0.3) is 0 Å². The summed E-state index contributed by atoms with van der Waals surface area (Å²) in [7, 11) is 1.75. The third kappa shape index (κ3) is 5.83. The maximum absolute atomic E-state index is 12.7. The van der Waals surface area contributed by atoms with Gasteiger partial charge in [-0.2, -0.15) is 0 Å². The highest BCUT2D eigenvalue weighted by atomic mass is 127. The minimum Gasteiger partial charge on any atom is -0.444 e. The number of nitrogens with one attached hydrogen (secondary N) is 2. The SMILES string of the molecule is CN=C(NCc1nc(C)c(C)o1)NC1CCN(C(=O)C2CCCCC2)C1.I. The average molecular weight is 489 g/mol. The van der Waals surface area contributed by atoms with Crippen LogP contribution >= 0.6 is 24.0 Å². The Bertz CT molecular complexity index is 635. The van der Waals surface area contributed by atoms with Crippen LogP contribution < -0.4 is 10.6 Å². The first-order valence-corrected chi connectivity index (χ1v) is 9.75. The van der Waals surface area contributed by atoms with E-state index in [1.807, 2.05) is 18.7 Å². The van der Waals surface area contributed by atoms with E-state index in [1.165, 1.54) is 19.3 Å². The highest BCUT2D eigenvalue weighted by Gasteiger charge is 2.31. The Kier molecular flexibility index (Phi) is 8.37. The molecule has 0 aromatic carbocycles. The number of amides is 1. The topological polar surface area (TPSA) is 82.8 Å². The number of nitrogens with zero attached hydrogens (tertiary/aromatic N) is 3. The second-order valence-electron chi connectivity index (χ2n) is 7.42. The van der Waals surface area contributed by atoms with Gasteiger partial charge in [-0.1, -0.05) is 19.3 Å². The van der Waals surface area contributed by atoms with Crippen LogP contribution in [0.15, 0.2) is 9.41 Å². The lowest BCUT2D eigenvalue weighted by atomic mass is 9.88. The Morgan fingerprint density at radius 2 is 2.00 bits per heavy atom. The molecule has 152 valence electrons. The summed E-state index contributed by atoms with van der Waals surface area (Å²) in [5, 5.41) is 6.66. The van der Waals surface area contributed by atoms with Gasteiger partial charge in [-0.25, -0.2) is 4.98 Å². The minimum atomic E-state index is 0. The fraction of sp³-hybridized carbons (Fsp3) is 0.737. The van der Waals surface area contributed by atoms with Gasteiger partial charge in [-0.15, -0.1) is 24.0 Å². The van der Waals surface area contributed by atoms with E-state index < -0.39 is 0 Å². The van der Waals surface area contributed by atoms with Crippen molar-refractivity contribution < 1.29 is 9.21 Å². The molecule has 1 aromatic rings. The molecule has 1 saturated heterocycles. The molecule has 7 nitrogen and oxygen atoms in total. The maximum Gasteiger partial charge on any atom is 0.225 e. The number of hydrogen-bond acceptors (Lipinski definition) is 4. The predicted octanol–water partition coefficient (Wildman–Crippen LogP) is 2.76. The van der Waals surface area contributed by atoms with Crippen molar-refractivity contribution >= 4 is 35.8 Å². The van der Waals surface area contributed by atoms with Crippen LogP contribution in [-0.4, -0.2) is 47.9 Å². The minimum absolute atomic E-state index is 0. The zero-order chi connectivity index (χ0) is 18.5. The van der Waals surface area contributed by atoms with Gasteiger partial charge < -0.3 is 20.0 Å². The van der Waals surface area contributed by atoms with Crippen molar-refractivity contribution in [2.45, 2.75) is 65.0 Å². The highest BCUT2D eigenvalue weighted by molar-refractivity contribution is 14.0. The standard InChI is InChI=1S/C19H31N5O2.HI/c1-13-14(2)26-17(22-13)11-21-19(20-3)23-16-9-10-24(12-16)18(25)15-7-5-4-6-8-15;/h15-16H,4-12H2,1-3H3,(H2,20,21,23);1H. The number of carbonyl (C=O) groups is 1. The molecule has 1 unspecified atom stereocenters. The first-order chi connectivity index (χ1) is 12.6. The molecule has 1 amide bonds. The monoisotopic (exact) mass is 489 g/mol. The lowest BCUT2D eigenvalue weighted by Crippen LogP contribution is -2.45. The van der Waals surface area contributed by atoms with Crippen LogP contribution in [0.2, 0.25) is 0 Å². The van der Waals surface area contributed by atoms with Crippen molar-refractivity contribution in [1.82, 2.24) is 20.5 Å². The number of aliphatic imine (C=N–C) groups is 1. The lowest BCUT2D eigenvalue weighted by Gasteiger charge is -2.26. The molecule has 1 aromatic heterocycles. The van der Waals surface area contributed by atoms with E-state index in [9.17, 15) is 4.79 Å². The number of guanidine groups is 1. The van der Waals surface area contributed by atoms with Crippen LogP contribution in [0.4, 0.5) is 0 Å². The molecule has 1 atom stereocenters. The summed E-state index contributed by atoms with van der Waals surface area (Å²) in [5.74, 6) is 2.82. The van der Waals surface area contributed by atoms with Crippen LogP contribution in [0.1, 0.15) is 55.9 Å². The van der Waals surface area contributed by atoms with Gasteiger partial charge in [0, 0.05) is 32.1 Å². The molecule has 2 heterocycles. The molecule has 2 fully saturated rings. The smallest absolute Gasteiger partial charge is 0.225 e. The number of aryl methyl sites for hydroxylation is 2. The Balaban J connectivity index is 0.00000261. The molecule has 2 aliphatic rings. The van der Waals surface area contributed by atoms with Crippen LogP contribution in [-0.2, 0) is 11.3 Å². The quantitative estimate of drug-likeness (QED) is 0.386. The summed E-state index contributed by atoms with van der Waals surface area (Å²) in [6.45, 7) is 5.93. The fourth-order valence-corrected chi connectivity index (χ4v) is 3.85. The number of oxazole rings is 1. The first kappa shape index (κ1) is 22.0. The van der Waals surface area contributed by atoms with Crippen molar-refractivity contribution in [3.8, 4) is 0 Å². The van der Waals surface area contributed by atoms with E-state index in [0.29, 0.717) is 18.3 Å². The number of halogens is 1.